The van der Waals surface area contributed by atoms with E-state index in [1.54, 1.807) is 18.5 Å². The first-order valence-corrected chi connectivity index (χ1v) is 5.81. The Bertz CT molecular complexity index is 749. The number of H-pyrrole nitrogens is 1. The Morgan fingerprint density at radius 2 is 1.90 bits per heavy atom. The lowest BCUT2D eigenvalue weighted by atomic mass is 10.1. The van der Waals surface area contributed by atoms with E-state index in [0.29, 0.717) is 5.56 Å². The smallest absolute Gasteiger partial charge is 0.406 e. The predicted molar refractivity (Wildman–Crippen MR) is 68.2 cm³/mol. The zero-order valence-corrected chi connectivity index (χ0v) is 10.1. The number of nitrogens with one attached hydrogen (secondary N) is 1. The van der Waals surface area contributed by atoms with Crippen LogP contribution in [0.5, 0.6) is 5.75 Å². The summed E-state index contributed by atoms with van der Waals surface area (Å²) in [5, 5.41) is 0.893. The van der Waals surface area contributed by atoms with Crippen molar-refractivity contribution in [1.82, 2.24) is 9.97 Å². The molecule has 0 spiro atoms. The number of rotatable bonds is 2. The highest BCUT2D eigenvalue weighted by atomic mass is 19.4. The zero-order valence-electron chi connectivity index (χ0n) is 10.1. The minimum atomic E-state index is -4.69. The van der Waals surface area contributed by atoms with Crippen molar-refractivity contribution in [1.29, 1.82) is 0 Å². The van der Waals surface area contributed by atoms with Crippen molar-refractivity contribution in [2.75, 3.05) is 0 Å². The quantitative estimate of drug-likeness (QED) is 0.765. The van der Waals surface area contributed by atoms with Gasteiger partial charge in [0.25, 0.3) is 0 Å². The monoisotopic (exact) mass is 278 g/mol. The molecule has 0 unspecified atom stereocenters. The maximum atomic E-state index is 12.2. The van der Waals surface area contributed by atoms with E-state index < -0.39 is 6.36 Å². The second kappa shape index (κ2) is 4.56. The van der Waals surface area contributed by atoms with Crippen molar-refractivity contribution in [3.05, 3.63) is 48.8 Å². The molecule has 0 aliphatic carbocycles. The molecule has 0 fully saturated rings. The van der Waals surface area contributed by atoms with Gasteiger partial charge in [-0.3, -0.25) is 0 Å². The van der Waals surface area contributed by atoms with E-state index in [9.17, 15) is 13.2 Å². The molecule has 0 saturated carbocycles. The number of hydrogen-bond acceptors (Lipinski definition) is 2. The molecule has 3 rings (SSSR count). The van der Waals surface area contributed by atoms with Gasteiger partial charge in [-0.25, -0.2) is 4.98 Å². The van der Waals surface area contributed by atoms with Gasteiger partial charge in [0.2, 0.25) is 0 Å². The molecule has 2 heterocycles. The zero-order chi connectivity index (χ0) is 14.2. The first kappa shape index (κ1) is 12.5. The number of fused-ring (bicyclic) bond motifs is 1. The number of nitrogens with zero attached hydrogens (tertiary/aromatic N) is 1. The van der Waals surface area contributed by atoms with Crippen molar-refractivity contribution in [3.63, 3.8) is 0 Å². The lowest BCUT2D eigenvalue weighted by molar-refractivity contribution is -0.274. The van der Waals surface area contributed by atoms with Crippen LogP contribution in [0.4, 0.5) is 13.2 Å². The van der Waals surface area contributed by atoms with Crippen molar-refractivity contribution in [3.8, 4) is 16.9 Å². The Labute approximate surface area is 112 Å². The van der Waals surface area contributed by atoms with Crippen LogP contribution in [0.25, 0.3) is 22.2 Å². The van der Waals surface area contributed by atoms with Crippen LogP contribution in [-0.2, 0) is 0 Å². The Balaban J connectivity index is 1.98. The predicted octanol–water partition coefficient (Wildman–Crippen LogP) is 4.13. The fourth-order valence-corrected chi connectivity index (χ4v) is 1.97. The lowest BCUT2D eigenvalue weighted by Crippen LogP contribution is -2.17. The van der Waals surface area contributed by atoms with Gasteiger partial charge in [0.05, 0.1) is 0 Å². The number of ether oxygens (including phenoxy) is 1. The molecule has 3 aromatic rings. The Kier molecular flexibility index (Phi) is 2.85. The molecule has 0 aliphatic rings. The fraction of sp³-hybridized carbons (Fsp3) is 0.0714. The minimum absolute atomic E-state index is 0.246. The molecule has 0 radical (unpaired) electrons. The van der Waals surface area contributed by atoms with Gasteiger partial charge in [-0.05, 0) is 29.8 Å². The lowest BCUT2D eigenvalue weighted by Gasteiger charge is -2.10. The molecular weight excluding hydrogens is 269 g/mol. The van der Waals surface area contributed by atoms with Crippen molar-refractivity contribution in [2.45, 2.75) is 6.36 Å². The highest BCUT2D eigenvalue weighted by Gasteiger charge is 2.31. The SMILES string of the molecule is FC(F)(F)Oc1cccc(-c2cnc3[nH]ccc3c2)c1. The summed E-state index contributed by atoms with van der Waals surface area (Å²) >= 11 is 0. The first-order valence-electron chi connectivity index (χ1n) is 5.81. The van der Waals surface area contributed by atoms with E-state index in [1.165, 1.54) is 18.2 Å². The third-order valence-corrected chi connectivity index (χ3v) is 2.80. The molecule has 0 atom stereocenters. The van der Waals surface area contributed by atoms with Gasteiger partial charge in [0.1, 0.15) is 11.4 Å². The first-order chi connectivity index (χ1) is 9.51. The van der Waals surface area contributed by atoms with Gasteiger partial charge in [-0.15, -0.1) is 13.2 Å². The third-order valence-electron chi connectivity index (χ3n) is 2.80. The summed E-state index contributed by atoms with van der Waals surface area (Å²) < 4.78 is 40.5. The summed E-state index contributed by atoms with van der Waals surface area (Å²) in [5.74, 6) is -0.246. The topological polar surface area (TPSA) is 37.9 Å². The number of aromatic nitrogens is 2. The van der Waals surface area contributed by atoms with Gasteiger partial charge in [-0.2, -0.15) is 0 Å². The van der Waals surface area contributed by atoms with Crippen molar-refractivity contribution >= 4 is 11.0 Å². The fourth-order valence-electron chi connectivity index (χ4n) is 1.97. The Morgan fingerprint density at radius 1 is 1.05 bits per heavy atom. The highest BCUT2D eigenvalue weighted by Crippen LogP contribution is 2.28. The normalized spacial score (nSPS) is 11.8. The summed E-state index contributed by atoms with van der Waals surface area (Å²) in [6.45, 7) is 0. The summed E-state index contributed by atoms with van der Waals surface area (Å²) in [4.78, 5) is 7.16. The third kappa shape index (κ3) is 2.59. The van der Waals surface area contributed by atoms with Gasteiger partial charge < -0.3 is 9.72 Å². The van der Waals surface area contributed by atoms with Crippen LogP contribution in [0.15, 0.2) is 48.8 Å². The Hall–Kier alpha value is -2.50. The molecule has 6 heteroatoms. The van der Waals surface area contributed by atoms with Crippen LogP contribution in [-0.4, -0.2) is 16.3 Å². The molecule has 0 saturated heterocycles. The minimum Gasteiger partial charge on any atom is -0.406 e. The van der Waals surface area contributed by atoms with Crippen LogP contribution in [0.3, 0.4) is 0 Å². The average molecular weight is 278 g/mol. The van der Waals surface area contributed by atoms with Crippen LogP contribution in [0.1, 0.15) is 0 Å². The van der Waals surface area contributed by atoms with Crippen LogP contribution in [0.2, 0.25) is 0 Å². The molecule has 1 aromatic carbocycles. The number of pyridine rings is 1. The maximum Gasteiger partial charge on any atom is 0.573 e. The Morgan fingerprint density at radius 3 is 2.70 bits per heavy atom. The summed E-state index contributed by atoms with van der Waals surface area (Å²) in [7, 11) is 0. The van der Waals surface area contributed by atoms with Gasteiger partial charge in [0.15, 0.2) is 0 Å². The molecule has 2 aromatic heterocycles. The van der Waals surface area contributed by atoms with E-state index in [1.807, 2.05) is 12.1 Å². The number of hydrogen-bond donors (Lipinski definition) is 1. The van der Waals surface area contributed by atoms with Crippen LogP contribution in [0, 0.1) is 0 Å². The van der Waals surface area contributed by atoms with Crippen LogP contribution < -0.4 is 4.74 Å². The molecule has 20 heavy (non-hydrogen) atoms. The highest BCUT2D eigenvalue weighted by molar-refractivity contribution is 5.81. The largest absolute Gasteiger partial charge is 0.573 e. The molecular formula is C14H9F3N2O. The second-order valence-corrected chi connectivity index (χ2v) is 4.22. The van der Waals surface area contributed by atoms with E-state index >= 15 is 0 Å². The van der Waals surface area contributed by atoms with Crippen LogP contribution >= 0.6 is 0 Å². The number of alkyl halides is 3. The molecule has 0 bridgehead atoms. The summed E-state index contributed by atoms with van der Waals surface area (Å²) in [5.41, 5.74) is 2.07. The van der Waals surface area contributed by atoms with E-state index in [2.05, 4.69) is 14.7 Å². The number of benzene rings is 1. The molecule has 3 nitrogen and oxygen atoms in total. The van der Waals surface area contributed by atoms with Gasteiger partial charge >= 0.3 is 6.36 Å². The molecule has 0 aliphatic heterocycles. The number of aromatic amines is 1. The molecule has 102 valence electrons. The molecule has 1 N–H and O–H groups in total. The van der Waals surface area contributed by atoms with E-state index in [0.717, 1.165) is 16.6 Å². The maximum absolute atomic E-state index is 12.2. The van der Waals surface area contributed by atoms with E-state index in [-0.39, 0.29) is 5.75 Å². The van der Waals surface area contributed by atoms with Crippen molar-refractivity contribution in [2.24, 2.45) is 0 Å². The number of halogens is 3. The summed E-state index contributed by atoms with van der Waals surface area (Å²) in [6, 6.07) is 9.52. The van der Waals surface area contributed by atoms with Crippen molar-refractivity contribution < 1.29 is 17.9 Å². The van der Waals surface area contributed by atoms with Gasteiger partial charge in [-0.1, -0.05) is 12.1 Å². The second-order valence-electron chi connectivity index (χ2n) is 4.22. The standard InChI is InChI=1S/C14H9F3N2O/c15-14(16,17)20-12-3-1-2-9(7-12)11-6-10-4-5-18-13(10)19-8-11/h1-8H,(H,18,19). The van der Waals surface area contributed by atoms with Gasteiger partial charge in [0, 0.05) is 23.3 Å². The average Bonchev–Trinajstić information content (AvgIpc) is 2.84. The summed E-state index contributed by atoms with van der Waals surface area (Å²) in [6.07, 6.45) is -1.34. The molecule has 0 amide bonds. The van der Waals surface area contributed by atoms with E-state index in [4.69, 9.17) is 0 Å².